The molecule has 0 radical (unpaired) electrons. The number of aliphatic hydroxyl groups excluding tert-OH is 2. The number of allylic oxidation sites excluding steroid dienone is 4. The van der Waals surface area contributed by atoms with Gasteiger partial charge in [-0.1, -0.05) is 63.6 Å². The number of H-pyrrole nitrogens is 1. The summed E-state index contributed by atoms with van der Waals surface area (Å²) >= 11 is 0. The number of aliphatic hydroxyl groups is 3. The first-order valence-corrected chi connectivity index (χ1v) is 19.2. The third-order valence-corrected chi connectivity index (χ3v) is 11.8. The van der Waals surface area contributed by atoms with Gasteiger partial charge in [-0.25, -0.2) is 4.79 Å². The molecule has 5 aliphatic rings. The average Bonchev–Trinajstić information content (AvgIpc) is 3.79. The zero-order valence-electron chi connectivity index (χ0n) is 31.9. The number of aromatic nitrogens is 1. The van der Waals surface area contributed by atoms with Gasteiger partial charge in [-0.15, -0.1) is 0 Å². The minimum Gasteiger partial charge on any atom is -0.462 e. The quantitative estimate of drug-likeness (QED) is 0.185. The molecule has 1 spiro atoms. The van der Waals surface area contributed by atoms with E-state index in [0.29, 0.717) is 18.4 Å². The van der Waals surface area contributed by atoms with Crippen LogP contribution in [0.1, 0.15) is 84.1 Å². The maximum absolute atomic E-state index is 14.5. The molecule has 1 aromatic heterocycles. The number of carbonyl (C=O) groups is 3. The normalized spacial score (nSPS) is 41.6. The first-order valence-electron chi connectivity index (χ1n) is 19.2. The van der Waals surface area contributed by atoms with E-state index < -0.39 is 77.9 Å². The summed E-state index contributed by atoms with van der Waals surface area (Å²) in [6.07, 6.45) is 5.61. The van der Waals surface area contributed by atoms with Crippen LogP contribution in [0.4, 0.5) is 0 Å². The van der Waals surface area contributed by atoms with E-state index in [0.717, 1.165) is 12.0 Å². The van der Waals surface area contributed by atoms with Crippen molar-refractivity contribution in [3.05, 3.63) is 71.1 Å². The summed E-state index contributed by atoms with van der Waals surface area (Å²) in [7, 11) is 0. The molecule has 5 heterocycles. The van der Waals surface area contributed by atoms with Crippen LogP contribution in [0.25, 0.3) is 0 Å². The average molecular weight is 754 g/mol. The Balaban J connectivity index is 1.36. The molecule has 1 aliphatic carbocycles. The highest BCUT2D eigenvalue weighted by Crippen LogP contribution is 2.48. The number of esters is 3. The molecule has 4 aliphatic heterocycles. The van der Waals surface area contributed by atoms with Gasteiger partial charge in [0, 0.05) is 25.0 Å². The molecule has 13 nitrogen and oxygen atoms in total. The van der Waals surface area contributed by atoms with Crippen molar-refractivity contribution in [1.29, 1.82) is 0 Å². The van der Waals surface area contributed by atoms with Crippen molar-refractivity contribution >= 4 is 17.9 Å². The van der Waals surface area contributed by atoms with Gasteiger partial charge >= 0.3 is 17.9 Å². The standard InChI is InChI=1S/C41H55NO12/c1-7-24(4)37(45)52-34-25(5)26(6)53-40(35(34)44)19-30-18-29(54-40)14-13-23(3)16-22(2)10-8-11-28-21-49-36-33(43)27(17-31(38(46)51-30)41(28,36)48)20-50-39(47)32-12-9-15-42-32/h8-13,15,17,22,24-26,29-31,33-36,42-44,48H,7,14,16,18-21H2,1-6H3/b10-8-,23-13-,28-11-/t22-,24+,25+,26+,29+,30-,31-,33+,34-,35+,36+,40+,41+/m0/s1. The molecule has 0 unspecified atom stereocenters. The Morgan fingerprint density at radius 2 is 1.93 bits per heavy atom. The second-order valence-corrected chi connectivity index (χ2v) is 15.8. The molecule has 3 saturated heterocycles. The molecule has 13 atom stereocenters. The van der Waals surface area contributed by atoms with Crippen LogP contribution in [0.5, 0.6) is 0 Å². The van der Waals surface area contributed by atoms with Crippen molar-refractivity contribution in [2.24, 2.45) is 23.7 Å². The fraction of sp³-hybridized carbons (Fsp3) is 0.634. The molecular weight excluding hydrogens is 698 g/mol. The second kappa shape index (κ2) is 16.3. The Kier molecular flexibility index (Phi) is 12.1. The van der Waals surface area contributed by atoms with E-state index in [-0.39, 0.29) is 55.1 Å². The molecule has 0 saturated carbocycles. The van der Waals surface area contributed by atoms with Crippen LogP contribution in [0.3, 0.4) is 0 Å². The third-order valence-electron chi connectivity index (χ3n) is 11.8. The minimum atomic E-state index is -1.99. The number of aromatic amines is 1. The smallest absolute Gasteiger partial charge is 0.355 e. The zero-order valence-corrected chi connectivity index (χ0v) is 31.9. The van der Waals surface area contributed by atoms with E-state index in [1.54, 1.807) is 31.3 Å². The molecule has 13 heteroatoms. The van der Waals surface area contributed by atoms with Gasteiger partial charge in [-0.2, -0.15) is 0 Å². The molecular formula is C41H55NO12. The fourth-order valence-corrected chi connectivity index (χ4v) is 8.24. The summed E-state index contributed by atoms with van der Waals surface area (Å²) in [5.41, 5.74) is -0.106. The Bertz CT molecular complexity index is 1660. The number of ether oxygens (including phenoxy) is 6. The van der Waals surface area contributed by atoms with Crippen LogP contribution < -0.4 is 0 Å². The van der Waals surface area contributed by atoms with Gasteiger partial charge in [0.25, 0.3) is 0 Å². The van der Waals surface area contributed by atoms with E-state index in [1.165, 1.54) is 6.08 Å². The molecule has 4 N–H and O–H groups in total. The Hall–Kier alpha value is -3.59. The number of carbonyl (C=O) groups excluding carboxylic acids is 3. The summed E-state index contributed by atoms with van der Waals surface area (Å²) in [6.45, 7) is 11.0. The molecule has 54 heavy (non-hydrogen) atoms. The maximum atomic E-state index is 14.5. The fourth-order valence-electron chi connectivity index (χ4n) is 8.24. The summed E-state index contributed by atoms with van der Waals surface area (Å²) in [4.78, 5) is 43.0. The van der Waals surface area contributed by atoms with Gasteiger partial charge in [-0.3, -0.25) is 9.59 Å². The summed E-state index contributed by atoms with van der Waals surface area (Å²) in [6, 6.07) is 3.20. The summed E-state index contributed by atoms with van der Waals surface area (Å²) in [5, 5.41) is 35.9. The first kappa shape index (κ1) is 40.1. The molecule has 0 aromatic carbocycles. The Labute approximate surface area is 316 Å². The van der Waals surface area contributed by atoms with Crippen LogP contribution in [-0.4, -0.2) is 106 Å². The lowest BCUT2D eigenvalue weighted by Gasteiger charge is -2.53. The van der Waals surface area contributed by atoms with Crippen molar-refractivity contribution < 1.29 is 58.1 Å². The monoisotopic (exact) mass is 753 g/mol. The Morgan fingerprint density at radius 1 is 1.15 bits per heavy atom. The van der Waals surface area contributed by atoms with Gasteiger partial charge in [0.15, 0.2) is 0 Å². The van der Waals surface area contributed by atoms with Crippen molar-refractivity contribution in [1.82, 2.24) is 4.98 Å². The largest absolute Gasteiger partial charge is 0.462 e. The lowest BCUT2D eigenvalue weighted by atomic mass is 9.70. The van der Waals surface area contributed by atoms with Gasteiger partial charge in [-0.05, 0) is 62.3 Å². The summed E-state index contributed by atoms with van der Waals surface area (Å²) in [5.74, 6) is -5.56. The predicted molar refractivity (Wildman–Crippen MR) is 194 cm³/mol. The number of rotatable bonds is 6. The SMILES string of the molecule is CC[C@@H](C)C(=O)O[C@H]1[C@H](C)[C@@H](C)O[C@@]2(C[C@@H]3C[C@@H](C/C=C(/C)C[C@@H](C)/C=C\C=C4\CO[C@@H]5[C@H](O)C(COC(=O)c6ccc[nH]6)=C[C@@H](C(=O)O3)[C@]45O)O2)[C@@H]1O. The number of hydrogen-bond donors (Lipinski definition) is 4. The lowest BCUT2D eigenvalue weighted by molar-refractivity contribution is -0.383. The van der Waals surface area contributed by atoms with Crippen molar-refractivity contribution in [2.45, 2.75) is 128 Å². The molecule has 6 rings (SSSR count). The zero-order chi connectivity index (χ0) is 38.9. The van der Waals surface area contributed by atoms with Gasteiger partial charge < -0.3 is 48.7 Å². The maximum Gasteiger partial charge on any atom is 0.355 e. The molecule has 0 amide bonds. The lowest BCUT2D eigenvalue weighted by Crippen LogP contribution is -2.67. The second-order valence-electron chi connectivity index (χ2n) is 15.8. The first-order chi connectivity index (χ1) is 25.7. The van der Waals surface area contributed by atoms with Gasteiger partial charge in [0.05, 0.1) is 24.7 Å². The van der Waals surface area contributed by atoms with E-state index >= 15 is 0 Å². The highest BCUT2D eigenvalue weighted by atomic mass is 16.7. The minimum absolute atomic E-state index is 0.0572. The highest BCUT2D eigenvalue weighted by molar-refractivity contribution is 5.87. The van der Waals surface area contributed by atoms with Gasteiger partial charge in [0.1, 0.15) is 54.3 Å². The molecule has 1 aromatic rings. The predicted octanol–water partition coefficient (Wildman–Crippen LogP) is 4.24. The van der Waals surface area contributed by atoms with Crippen molar-refractivity contribution in [2.75, 3.05) is 13.2 Å². The Morgan fingerprint density at radius 3 is 2.65 bits per heavy atom. The van der Waals surface area contributed by atoms with E-state index in [1.807, 2.05) is 39.8 Å². The third kappa shape index (κ3) is 7.89. The van der Waals surface area contributed by atoms with Crippen LogP contribution in [0.2, 0.25) is 0 Å². The highest BCUT2D eigenvalue weighted by Gasteiger charge is 2.62. The number of hydrogen-bond acceptors (Lipinski definition) is 12. The molecule has 3 fully saturated rings. The van der Waals surface area contributed by atoms with Crippen LogP contribution >= 0.6 is 0 Å². The van der Waals surface area contributed by atoms with E-state index in [9.17, 15) is 29.7 Å². The summed E-state index contributed by atoms with van der Waals surface area (Å²) < 4.78 is 36.8. The van der Waals surface area contributed by atoms with E-state index in [4.69, 9.17) is 28.4 Å². The van der Waals surface area contributed by atoms with Crippen LogP contribution in [-0.2, 0) is 38.0 Å². The van der Waals surface area contributed by atoms with E-state index in [2.05, 4.69) is 18.0 Å². The topological polar surface area (TPSA) is 183 Å². The van der Waals surface area contributed by atoms with Crippen LogP contribution in [0.15, 0.2) is 65.4 Å². The van der Waals surface area contributed by atoms with Crippen molar-refractivity contribution in [3.63, 3.8) is 0 Å². The van der Waals surface area contributed by atoms with Crippen molar-refractivity contribution in [3.8, 4) is 0 Å². The molecule has 2 bridgehead atoms. The number of fused-ring (bicyclic) bond motifs is 2. The van der Waals surface area contributed by atoms with Gasteiger partial charge in [0.2, 0.25) is 5.79 Å². The van der Waals surface area contributed by atoms with Crippen LogP contribution in [0, 0.1) is 23.7 Å². The number of nitrogens with one attached hydrogen (secondary N) is 1. The molecule has 296 valence electrons.